The Hall–Kier alpha value is -0.970. The van der Waals surface area contributed by atoms with Gasteiger partial charge in [-0.2, -0.15) is 0 Å². The number of methoxy groups -OCH3 is 1. The van der Waals surface area contributed by atoms with E-state index in [4.69, 9.17) is 22.1 Å². The molecule has 0 heterocycles. The third-order valence-corrected chi connectivity index (χ3v) is 2.87. The van der Waals surface area contributed by atoms with E-state index < -0.39 is 6.04 Å². The molecule has 0 spiro atoms. The van der Waals surface area contributed by atoms with Gasteiger partial charge in [-0.05, 0) is 24.6 Å². The Kier molecular flexibility index (Phi) is 8.56. The summed E-state index contributed by atoms with van der Waals surface area (Å²) in [5.74, 6) is 0.544. The number of hydrogen-bond donors (Lipinski definition) is 2. The zero-order chi connectivity index (χ0) is 13.5. The standard InChI is InChI=1S/C13H19ClN2O2.ClH/c1-3-4-11(15)13(17)16-8-9-7-10(14)5-6-12(9)18-2;/h5-7,11H,3-4,8,15H2,1-2H3,(H,16,17);1H. The molecule has 1 unspecified atom stereocenters. The summed E-state index contributed by atoms with van der Waals surface area (Å²) >= 11 is 5.91. The van der Waals surface area contributed by atoms with Gasteiger partial charge in [-0.15, -0.1) is 12.4 Å². The SMILES string of the molecule is CCCC(N)C(=O)NCc1cc(Cl)ccc1OC.Cl. The topological polar surface area (TPSA) is 64.4 Å². The first-order chi connectivity index (χ1) is 8.58. The van der Waals surface area contributed by atoms with Crippen molar-refractivity contribution >= 4 is 29.9 Å². The molecule has 4 nitrogen and oxygen atoms in total. The lowest BCUT2D eigenvalue weighted by molar-refractivity contribution is -0.122. The van der Waals surface area contributed by atoms with E-state index in [0.717, 1.165) is 12.0 Å². The number of amides is 1. The van der Waals surface area contributed by atoms with Gasteiger partial charge in [0.1, 0.15) is 5.75 Å². The van der Waals surface area contributed by atoms with Crippen molar-refractivity contribution in [3.05, 3.63) is 28.8 Å². The minimum Gasteiger partial charge on any atom is -0.496 e. The van der Waals surface area contributed by atoms with Crippen LogP contribution < -0.4 is 15.8 Å². The fourth-order valence-corrected chi connectivity index (χ4v) is 1.84. The Balaban J connectivity index is 0.00000324. The molecule has 0 radical (unpaired) electrons. The molecule has 0 aliphatic rings. The van der Waals surface area contributed by atoms with Gasteiger partial charge in [-0.1, -0.05) is 24.9 Å². The smallest absolute Gasteiger partial charge is 0.237 e. The van der Waals surface area contributed by atoms with Crippen LogP contribution in [-0.4, -0.2) is 19.1 Å². The summed E-state index contributed by atoms with van der Waals surface area (Å²) in [6.45, 7) is 2.35. The molecule has 1 amide bonds. The third-order valence-electron chi connectivity index (χ3n) is 2.63. The van der Waals surface area contributed by atoms with E-state index in [1.165, 1.54) is 0 Å². The van der Waals surface area contributed by atoms with E-state index in [1.807, 2.05) is 6.92 Å². The molecule has 0 saturated heterocycles. The molecule has 0 aliphatic heterocycles. The van der Waals surface area contributed by atoms with Gasteiger partial charge >= 0.3 is 0 Å². The minimum absolute atomic E-state index is 0. The summed E-state index contributed by atoms with van der Waals surface area (Å²) < 4.78 is 5.20. The van der Waals surface area contributed by atoms with Gasteiger partial charge in [-0.25, -0.2) is 0 Å². The van der Waals surface area contributed by atoms with Crippen molar-refractivity contribution in [3.63, 3.8) is 0 Å². The highest BCUT2D eigenvalue weighted by Gasteiger charge is 2.12. The number of nitrogens with one attached hydrogen (secondary N) is 1. The van der Waals surface area contributed by atoms with Crippen LogP contribution in [0.5, 0.6) is 5.75 Å². The van der Waals surface area contributed by atoms with E-state index in [-0.39, 0.29) is 18.3 Å². The largest absolute Gasteiger partial charge is 0.496 e. The third kappa shape index (κ3) is 5.68. The normalized spacial score (nSPS) is 11.4. The van der Waals surface area contributed by atoms with E-state index in [9.17, 15) is 4.79 Å². The van der Waals surface area contributed by atoms with Crippen LogP contribution in [0.3, 0.4) is 0 Å². The molecule has 1 aromatic carbocycles. The van der Waals surface area contributed by atoms with Crippen molar-refractivity contribution in [1.29, 1.82) is 0 Å². The maximum Gasteiger partial charge on any atom is 0.237 e. The quantitative estimate of drug-likeness (QED) is 0.849. The Morgan fingerprint density at radius 1 is 1.53 bits per heavy atom. The summed E-state index contributed by atoms with van der Waals surface area (Å²) in [5, 5.41) is 3.39. The molecule has 108 valence electrons. The number of rotatable bonds is 6. The summed E-state index contributed by atoms with van der Waals surface area (Å²) in [4.78, 5) is 11.7. The second kappa shape index (κ2) is 9.02. The molecular formula is C13H20Cl2N2O2. The first-order valence-corrected chi connectivity index (χ1v) is 6.32. The minimum atomic E-state index is -0.458. The number of hydrogen-bond acceptors (Lipinski definition) is 3. The van der Waals surface area contributed by atoms with Crippen LogP contribution in [0.1, 0.15) is 25.3 Å². The zero-order valence-corrected chi connectivity index (χ0v) is 12.7. The van der Waals surface area contributed by atoms with Crippen LogP contribution in [0.15, 0.2) is 18.2 Å². The van der Waals surface area contributed by atoms with Gasteiger partial charge in [0.25, 0.3) is 0 Å². The summed E-state index contributed by atoms with van der Waals surface area (Å²) in [7, 11) is 1.58. The monoisotopic (exact) mass is 306 g/mol. The highest BCUT2D eigenvalue weighted by Crippen LogP contribution is 2.22. The van der Waals surface area contributed by atoms with Crippen molar-refractivity contribution in [1.82, 2.24) is 5.32 Å². The van der Waals surface area contributed by atoms with Crippen LogP contribution in [0.25, 0.3) is 0 Å². The van der Waals surface area contributed by atoms with E-state index >= 15 is 0 Å². The van der Waals surface area contributed by atoms with E-state index in [1.54, 1.807) is 25.3 Å². The average Bonchev–Trinajstić information content (AvgIpc) is 2.36. The lowest BCUT2D eigenvalue weighted by atomic mass is 10.1. The lowest BCUT2D eigenvalue weighted by Crippen LogP contribution is -2.40. The van der Waals surface area contributed by atoms with Gasteiger partial charge in [0.15, 0.2) is 0 Å². The predicted molar refractivity (Wildman–Crippen MR) is 80.0 cm³/mol. The molecule has 1 rings (SSSR count). The Labute approximate surface area is 125 Å². The van der Waals surface area contributed by atoms with Gasteiger partial charge < -0.3 is 15.8 Å². The highest BCUT2D eigenvalue weighted by molar-refractivity contribution is 6.30. The van der Waals surface area contributed by atoms with Gasteiger partial charge in [0.05, 0.1) is 13.2 Å². The van der Waals surface area contributed by atoms with Crippen molar-refractivity contribution in [3.8, 4) is 5.75 Å². The number of ether oxygens (including phenoxy) is 1. The van der Waals surface area contributed by atoms with Gasteiger partial charge in [0, 0.05) is 17.1 Å². The highest BCUT2D eigenvalue weighted by atomic mass is 35.5. The first kappa shape index (κ1) is 18.0. The number of halogens is 2. The molecule has 0 aromatic heterocycles. The van der Waals surface area contributed by atoms with Crippen LogP contribution in [0.2, 0.25) is 5.02 Å². The van der Waals surface area contributed by atoms with Crippen LogP contribution >= 0.6 is 24.0 Å². The second-order valence-corrected chi connectivity index (χ2v) is 4.51. The van der Waals surface area contributed by atoms with Crippen LogP contribution in [-0.2, 0) is 11.3 Å². The second-order valence-electron chi connectivity index (χ2n) is 4.07. The average molecular weight is 307 g/mol. The molecule has 19 heavy (non-hydrogen) atoms. The number of carbonyl (C=O) groups is 1. The van der Waals surface area contributed by atoms with Crippen LogP contribution in [0.4, 0.5) is 0 Å². The fraction of sp³-hybridized carbons (Fsp3) is 0.462. The molecule has 3 N–H and O–H groups in total. The van der Waals surface area contributed by atoms with Crippen molar-refractivity contribution < 1.29 is 9.53 Å². The number of nitrogens with two attached hydrogens (primary N) is 1. The van der Waals surface area contributed by atoms with Crippen LogP contribution in [0, 0.1) is 0 Å². The molecule has 6 heteroatoms. The van der Waals surface area contributed by atoms with E-state index in [0.29, 0.717) is 23.7 Å². The van der Waals surface area contributed by atoms with Crippen molar-refractivity contribution in [2.24, 2.45) is 5.73 Å². The predicted octanol–water partition coefficient (Wildman–Crippen LogP) is 2.51. The lowest BCUT2D eigenvalue weighted by Gasteiger charge is -2.13. The van der Waals surface area contributed by atoms with Crippen molar-refractivity contribution in [2.45, 2.75) is 32.4 Å². The summed E-state index contributed by atoms with van der Waals surface area (Å²) in [6.07, 6.45) is 1.56. The summed E-state index contributed by atoms with van der Waals surface area (Å²) in [5.41, 5.74) is 6.56. The first-order valence-electron chi connectivity index (χ1n) is 5.94. The summed E-state index contributed by atoms with van der Waals surface area (Å²) in [6, 6.07) is 4.83. The molecule has 0 aliphatic carbocycles. The molecule has 1 atom stereocenters. The number of carbonyl (C=O) groups excluding carboxylic acids is 1. The Morgan fingerprint density at radius 2 is 2.21 bits per heavy atom. The number of benzene rings is 1. The molecule has 0 saturated carbocycles. The van der Waals surface area contributed by atoms with Gasteiger partial charge in [0.2, 0.25) is 5.91 Å². The van der Waals surface area contributed by atoms with Gasteiger partial charge in [-0.3, -0.25) is 4.79 Å². The Bertz CT molecular complexity index is 414. The molecule has 0 fully saturated rings. The van der Waals surface area contributed by atoms with E-state index in [2.05, 4.69) is 5.32 Å². The zero-order valence-electron chi connectivity index (χ0n) is 11.1. The molecule has 1 aromatic rings. The maximum absolute atomic E-state index is 11.7. The molecular weight excluding hydrogens is 287 g/mol. The van der Waals surface area contributed by atoms with Crippen molar-refractivity contribution in [2.75, 3.05) is 7.11 Å². The Morgan fingerprint density at radius 3 is 2.79 bits per heavy atom. The maximum atomic E-state index is 11.7. The fourth-order valence-electron chi connectivity index (χ4n) is 1.64. The molecule has 0 bridgehead atoms.